The van der Waals surface area contributed by atoms with Crippen molar-refractivity contribution in [3.8, 4) is 11.4 Å². The van der Waals surface area contributed by atoms with Crippen molar-refractivity contribution < 1.29 is 0 Å². The van der Waals surface area contributed by atoms with E-state index in [2.05, 4.69) is 284 Å². The monoisotopic (exact) mass is 1050 g/mol. The van der Waals surface area contributed by atoms with Gasteiger partial charge in [0, 0.05) is 65.1 Å². The third kappa shape index (κ3) is 6.31. The molecule has 0 amide bonds. The predicted molar refractivity (Wildman–Crippen MR) is 345 cm³/mol. The molecule has 0 radical (unpaired) electrons. The summed E-state index contributed by atoms with van der Waals surface area (Å²) in [5.41, 5.74) is 13.7. The normalized spacial score (nSPS) is 12.2. The first-order chi connectivity index (χ1) is 39.7. The lowest BCUT2D eigenvalue weighted by Gasteiger charge is -2.28. The molecular formula is C74H44N4S2. The van der Waals surface area contributed by atoms with Crippen molar-refractivity contribution in [2.75, 3.05) is 9.80 Å². The molecule has 0 aliphatic carbocycles. The van der Waals surface area contributed by atoms with Crippen molar-refractivity contribution >= 4 is 174 Å². The molecule has 0 aliphatic heterocycles. The lowest BCUT2D eigenvalue weighted by Crippen LogP contribution is -2.10. The van der Waals surface area contributed by atoms with E-state index in [1.54, 1.807) is 0 Å². The zero-order valence-electron chi connectivity index (χ0n) is 43.0. The lowest BCUT2D eigenvalue weighted by molar-refractivity contribution is 1.17. The van der Waals surface area contributed by atoms with Gasteiger partial charge in [-0.3, -0.25) is 0 Å². The van der Waals surface area contributed by atoms with Crippen LogP contribution < -0.4 is 9.80 Å². The van der Waals surface area contributed by atoms with Gasteiger partial charge in [0.2, 0.25) is 0 Å². The molecule has 0 bridgehead atoms. The fourth-order valence-corrected chi connectivity index (χ4v) is 15.2. The van der Waals surface area contributed by atoms with Crippen LogP contribution in [0.2, 0.25) is 0 Å². The van der Waals surface area contributed by atoms with Crippen LogP contribution in [-0.2, 0) is 0 Å². The van der Waals surface area contributed by atoms with Crippen LogP contribution in [0.25, 0.3) is 129 Å². The van der Waals surface area contributed by atoms with Gasteiger partial charge in [-0.15, -0.1) is 22.7 Å². The molecule has 372 valence electrons. The van der Waals surface area contributed by atoms with Crippen molar-refractivity contribution in [3.63, 3.8) is 0 Å². The molecule has 0 saturated carbocycles. The van der Waals surface area contributed by atoms with Gasteiger partial charge < -0.3 is 18.9 Å². The molecule has 6 heteroatoms. The summed E-state index contributed by atoms with van der Waals surface area (Å²) in [4.78, 5) is 4.86. The standard InChI is InChI=1S/C74H44N4S2/c1-3-13-53(14-4-1)75(63-35-23-49-19-17-45-9-7-11-47-21-33-59(63)71(49)69(45)47)55-25-29-57(30-26-55)77-65-41-51-37-39-79-67(51)43-61(65)74-73(77)62-44-68-52(38-40-80-68)42-66(62)78(74)58-31-27-56(28-32-58)76(54-15-5-2-6-16-54)64-36-24-50-20-18-46-10-8-12-48-22-34-60(64)72(50)70(46)48/h1-44H. The average molecular weight is 1050 g/mol. The van der Waals surface area contributed by atoms with E-state index in [9.17, 15) is 0 Å². The highest BCUT2D eigenvalue weighted by atomic mass is 32.1. The number of para-hydroxylation sites is 2. The van der Waals surface area contributed by atoms with Crippen molar-refractivity contribution in [1.29, 1.82) is 0 Å². The molecule has 4 nitrogen and oxygen atoms in total. The maximum atomic E-state index is 2.53. The lowest BCUT2D eigenvalue weighted by atomic mass is 9.93. The van der Waals surface area contributed by atoms with Gasteiger partial charge in [-0.1, -0.05) is 133 Å². The fourth-order valence-electron chi connectivity index (χ4n) is 13.6. The zero-order chi connectivity index (χ0) is 52.2. The Bertz CT molecular complexity index is 5100. The first kappa shape index (κ1) is 44.0. The third-order valence-electron chi connectivity index (χ3n) is 17.1. The molecule has 18 aromatic rings. The number of hydrogen-bond donors (Lipinski definition) is 0. The Morgan fingerprint density at radius 3 is 1.04 bits per heavy atom. The Balaban J connectivity index is 0.835. The van der Waals surface area contributed by atoms with Crippen molar-refractivity contribution in [3.05, 3.63) is 266 Å². The number of anilines is 6. The smallest absolute Gasteiger partial charge is 0.0804 e. The van der Waals surface area contributed by atoms with Gasteiger partial charge in [0.1, 0.15) is 0 Å². The van der Waals surface area contributed by atoms with Gasteiger partial charge in [-0.05, 0) is 197 Å². The third-order valence-corrected chi connectivity index (χ3v) is 18.8. The minimum atomic E-state index is 1.09. The van der Waals surface area contributed by atoms with E-state index in [1.807, 2.05) is 22.7 Å². The summed E-state index contributed by atoms with van der Waals surface area (Å²) < 4.78 is 7.62. The molecule has 0 saturated heterocycles. The van der Waals surface area contributed by atoms with Gasteiger partial charge in [0.05, 0.1) is 33.4 Å². The van der Waals surface area contributed by atoms with Crippen LogP contribution in [0.3, 0.4) is 0 Å². The Morgan fingerprint density at radius 2 is 0.625 bits per heavy atom. The number of nitrogens with zero attached hydrogens (tertiary/aromatic N) is 4. The Labute approximate surface area is 467 Å². The molecule has 80 heavy (non-hydrogen) atoms. The number of aromatic nitrogens is 2. The summed E-state index contributed by atoms with van der Waals surface area (Å²) in [6.07, 6.45) is 0. The predicted octanol–water partition coefficient (Wildman–Crippen LogP) is 21.9. The summed E-state index contributed by atoms with van der Waals surface area (Å²) in [7, 11) is 0. The topological polar surface area (TPSA) is 16.3 Å². The van der Waals surface area contributed by atoms with Crippen LogP contribution in [0.15, 0.2) is 266 Å². The van der Waals surface area contributed by atoms with E-state index in [4.69, 9.17) is 0 Å². The molecule has 18 rings (SSSR count). The summed E-state index contributed by atoms with van der Waals surface area (Å²) in [5, 5.41) is 24.7. The van der Waals surface area contributed by atoms with Gasteiger partial charge >= 0.3 is 0 Å². The number of thiophene rings is 2. The summed E-state index contributed by atoms with van der Waals surface area (Å²) in [6.45, 7) is 0. The van der Waals surface area contributed by atoms with Crippen molar-refractivity contribution in [2.45, 2.75) is 0 Å². The zero-order valence-corrected chi connectivity index (χ0v) is 44.6. The second-order valence-corrected chi connectivity index (χ2v) is 23.2. The minimum Gasteiger partial charge on any atom is -0.310 e. The van der Waals surface area contributed by atoms with E-state index in [1.165, 1.54) is 118 Å². The average Bonchev–Trinajstić information content (AvgIpc) is 4.49. The number of fused-ring (bicyclic) bond motifs is 7. The Hall–Kier alpha value is -9.98. The molecular weight excluding hydrogens is 1010 g/mol. The van der Waals surface area contributed by atoms with E-state index < -0.39 is 0 Å². The molecule has 0 fully saturated rings. The highest BCUT2D eigenvalue weighted by Gasteiger charge is 2.26. The van der Waals surface area contributed by atoms with Gasteiger partial charge in [-0.25, -0.2) is 0 Å². The molecule has 0 unspecified atom stereocenters. The molecule has 0 spiro atoms. The van der Waals surface area contributed by atoms with E-state index in [-0.39, 0.29) is 0 Å². The summed E-state index contributed by atoms with van der Waals surface area (Å²) >= 11 is 3.61. The molecule has 4 aromatic heterocycles. The SMILES string of the molecule is c1ccc(N(c2ccc(-n3c4cc5ccsc5cc4c4c3c3cc5sccc5cc3n4-c3ccc(N(c4ccccc4)c4ccc5ccc6cccc7ccc4c5c67)cc3)cc2)c2ccc3ccc4cccc5ccc2c3c45)cc1. The summed E-state index contributed by atoms with van der Waals surface area (Å²) in [5.74, 6) is 0. The van der Waals surface area contributed by atoms with Crippen LogP contribution >= 0.6 is 22.7 Å². The maximum absolute atomic E-state index is 2.53. The van der Waals surface area contributed by atoms with Crippen molar-refractivity contribution in [2.24, 2.45) is 0 Å². The highest BCUT2D eigenvalue weighted by Crippen LogP contribution is 2.49. The quantitative estimate of drug-likeness (QED) is 0.141. The minimum absolute atomic E-state index is 1.09. The fraction of sp³-hybridized carbons (Fsp3) is 0. The van der Waals surface area contributed by atoms with E-state index in [0.717, 1.165) is 45.5 Å². The second-order valence-electron chi connectivity index (χ2n) is 21.3. The highest BCUT2D eigenvalue weighted by molar-refractivity contribution is 7.17. The van der Waals surface area contributed by atoms with E-state index in [0.29, 0.717) is 0 Å². The Morgan fingerprint density at radius 1 is 0.263 bits per heavy atom. The first-order valence-electron chi connectivity index (χ1n) is 27.3. The van der Waals surface area contributed by atoms with Crippen LogP contribution in [-0.4, -0.2) is 9.13 Å². The van der Waals surface area contributed by atoms with E-state index >= 15 is 0 Å². The number of rotatable bonds is 8. The van der Waals surface area contributed by atoms with Gasteiger partial charge in [0.15, 0.2) is 0 Å². The largest absolute Gasteiger partial charge is 0.310 e. The van der Waals surface area contributed by atoms with Gasteiger partial charge in [-0.2, -0.15) is 0 Å². The van der Waals surface area contributed by atoms with Crippen LogP contribution in [0.4, 0.5) is 34.1 Å². The van der Waals surface area contributed by atoms with Crippen LogP contribution in [0.1, 0.15) is 0 Å². The number of benzene rings is 14. The summed E-state index contributed by atoms with van der Waals surface area (Å²) in [6, 6.07) is 95.2. The van der Waals surface area contributed by atoms with Crippen LogP contribution in [0.5, 0.6) is 0 Å². The molecule has 0 N–H and O–H groups in total. The molecule has 0 aliphatic rings. The first-order valence-corrected chi connectivity index (χ1v) is 29.0. The molecule has 0 atom stereocenters. The molecule has 4 heterocycles. The molecule has 14 aromatic carbocycles. The number of hydrogen-bond acceptors (Lipinski definition) is 4. The maximum Gasteiger partial charge on any atom is 0.0804 e. The van der Waals surface area contributed by atoms with Crippen LogP contribution in [0, 0.1) is 0 Å². The van der Waals surface area contributed by atoms with Gasteiger partial charge in [0.25, 0.3) is 0 Å². The van der Waals surface area contributed by atoms with Crippen molar-refractivity contribution in [1.82, 2.24) is 9.13 Å². The second kappa shape index (κ2) is 16.8. The Kier molecular flexibility index (Phi) is 9.23.